The van der Waals surface area contributed by atoms with Crippen LogP contribution in [0.25, 0.3) is 6.08 Å². The van der Waals surface area contributed by atoms with Gasteiger partial charge in [-0.3, -0.25) is 9.59 Å². The topological polar surface area (TPSA) is 100 Å². The Hall–Kier alpha value is -3.63. The van der Waals surface area contributed by atoms with Gasteiger partial charge in [0.1, 0.15) is 17.4 Å². The van der Waals surface area contributed by atoms with Crippen molar-refractivity contribution < 1.29 is 19.1 Å². The van der Waals surface area contributed by atoms with Gasteiger partial charge in [-0.25, -0.2) is 0 Å². The summed E-state index contributed by atoms with van der Waals surface area (Å²) in [6.07, 6.45) is 4.30. The summed E-state index contributed by atoms with van der Waals surface area (Å²) in [6, 6.07) is 18.6. The molecule has 1 saturated heterocycles. The molecule has 1 fully saturated rings. The predicted molar refractivity (Wildman–Crippen MR) is 121 cm³/mol. The summed E-state index contributed by atoms with van der Waals surface area (Å²) in [5, 5.41) is 14.9. The molecule has 1 aliphatic heterocycles. The minimum absolute atomic E-state index is 0.0280. The highest BCUT2D eigenvalue weighted by molar-refractivity contribution is 6.01. The van der Waals surface area contributed by atoms with E-state index >= 15 is 0 Å². The zero-order valence-electron chi connectivity index (χ0n) is 17.9. The van der Waals surface area contributed by atoms with Crippen molar-refractivity contribution in [3.8, 4) is 11.8 Å². The van der Waals surface area contributed by atoms with Crippen LogP contribution in [-0.2, 0) is 20.7 Å². The highest BCUT2D eigenvalue weighted by atomic mass is 16.5. The molecule has 3 rings (SSSR count). The van der Waals surface area contributed by atoms with E-state index in [1.54, 1.807) is 24.3 Å². The highest BCUT2D eigenvalue weighted by Gasteiger charge is 2.16. The van der Waals surface area contributed by atoms with Gasteiger partial charge in [0, 0.05) is 19.7 Å². The Balaban J connectivity index is 1.44. The number of ether oxygens (including phenoxy) is 2. The number of carbonyl (C=O) groups excluding carboxylic acids is 2. The van der Waals surface area contributed by atoms with Gasteiger partial charge in [0.25, 0.3) is 11.8 Å². The minimum Gasteiger partial charge on any atom is -0.484 e. The first-order valence-electron chi connectivity index (χ1n) is 10.7. The summed E-state index contributed by atoms with van der Waals surface area (Å²) < 4.78 is 11.0. The van der Waals surface area contributed by atoms with E-state index in [1.807, 2.05) is 36.4 Å². The third-order valence-corrected chi connectivity index (χ3v) is 5.02. The Bertz CT molecular complexity index is 959. The second-order valence-electron chi connectivity index (χ2n) is 7.46. The molecule has 2 amide bonds. The molecule has 0 saturated carbocycles. The van der Waals surface area contributed by atoms with E-state index < -0.39 is 5.91 Å². The molecule has 1 heterocycles. The van der Waals surface area contributed by atoms with E-state index in [0.717, 1.165) is 25.0 Å². The molecule has 1 unspecified atom stereocenters. The molecule has 32 heavy (non-hydrogen) atoms. The van der Waals surface area contributed by atoms with Crippen molar-refractivity contribution in [2.24, 2.45) is 0 Å². The summed E-state index contributed by atoms with van der Waals surface area (Å²) >= 11 is 0. The van der Waals surface area contributed by atoms with Crippen LogP contribution in [0.3, 0.4) is 0 Å². The van der Waals surface area contributed by atoms with Crippen molar-refractivity contribution in [3.63, 3.8) is 0 Å². The van der Waals surface area contributed by atoms with Gasteiger partial charge in [0.15, 0.2) is 6.61 Å². The quantitative estimate of drug-likeness (QED) is 0.443. The fourth-order valence-electron chi connectivity index (χ4n) is 3.27. The molecule has 0 spiro atoms. The molecule has 7 nitrogen and oxygen atoms in total. The SMILES string of the molecule is N#C/C(=C\c1ccc(OCC(=O)NCC2CCCO2)cc1)C(=O)NCCc1ccccc1. The lowest BCUT2D eigenvalue weighted by molar-refractivity contribution is -0.123. The summed E-state index contributed by atoms with van der Waals surface area (Å²) in [6.45, 7) is 1.61. The van der Waals surface area contributed by atoms with Crippen LogP contribution in [-0.4, -0.2) is 44.2 Å². The Morgan fingerprint density at radius 3 is 2.59 bits per heavy atom. The standard InChI is InChI=1S/C25H27N3O4/c26-16-21(25(30)27-13-12-19-5-2-1-3-6-19)15-20-8-10-22(11-9-20)32-18-24(29)28-17-23-7-4-14-31-23/h1-3,5-6,8-11,15,23H,4,7,12-14,17-18H2,(H,27,30)(H,28,29)/b21-15+. The van der Waals surface area contributed by atoms with Crippen LogP contribution in [0.2, 0.25) is 0 Å². The minimum atomic E-state index is -0.410. The molecule has 0 bridgehead atoms. The predicted octanol–water partition coefficient (Wildman–Crippen LogP) is 2.63. The Morgan fingerprint density at radius 2 is 1.91 bits per heavy atom. The van der Waals surface area contributed by atoms with E-state index in [-0.39, 0.29) is 24.2 Å². The molecule has 7 heteroatoms. The number of carbonyl (C=O) groups is 2. The third kappa shape index (κ3) is 7.56. The van der Waals surface area contributed by atoms with E-state index in [9.17, 15) is 14.9 Å². The second kappa shape index (κ2) is 12.3. The average molecular weight is 434 g/mol. The monoisotopic (exact) mass is 433 g/mol. The van der Waals surface area contributed by atoms with Crippen molar-refractivity contribution in [1.29, 1.82) is 5.26 Å². The van der Waals surface area contributed by atoms with E-state index in [4.69, 9.17) is 9.47 Å². The third-order valence-electron chi connectivity index (χ3n) is 5.02. The van der Waals surface area contributed by atoms with Crippen LogP contribution in [0.15, 0.2) is 60.2 Å². The van der Waals surface area contributed by atoms with Crippen molar-refractivity contribution in [2.45, 2.75) is 25.4 Å². The first kappa shape index (κ1) is 23.0. The zero-order chi connectivity index (χ0) is 22.6. The summed E-state index contributed by atoms with van der Waals surface area (Å²) in [5.41, 5.74) is 1.83. The van der Waals surface area contributed by atoms with Gasteiger partial charge in [-0.15, -0.1) is 0 Å². The van der Waals surface area contributed by atoms with Crippen LogP contribution in [0, 0.1) is 11.3 Å². The molecule has 1 aliphatic rings. The number of benzene rings is 2. The molecule has 2 aromatic rings. The second-order valence-corrected chi connectivity index (χ2v) is 7.46. The lowest BCUT2D eigenvalue weighted by Gasteiger charge is -2.11. The number of nitriles is 1. The zero-order valence-corrected chi connectivity index (χ0v) is 17.9. The molecule has 166 valence electrons. The van der Waals surface area contributed by atoms with E-state index in [0.29, 0.717) is 30.8 Å². The van der Waals surface area contributed by atoms with Crippen LogP contribution in [0.4, 0.5) is 0 Å². The van der Waals surface area contributed by atoms with Gasteiger partial charge in [-0.05, 0) is 48.6 Å². The van der Waals surface area contributed by atoms with Gasteiger partial charge < -0.3 is 20.1 Å². The molecule has 2 N–H and O–H groups in total. The fourth-order valence-corrected chi connectivity index (χ4v) is 3.27. The first-order valence-corrected chi connectivity index (χ1v) is 10.7. The molecule has 0 aromatic heterocycles. The molecule has 2 aromatic carbocycles. The smallest absolute Gasteiger partial charge is 0.261 e. The number of hydrogen-bond donors (Lipinski definition) is 2. The number of amides is 2. The van der Waals surface area contributed by atoms with Gasteiger partial charge in [-0.2, -0.15) is 5.26 Å². The van der Waals surface area contributed by atoms with E-state index in [2.05, 4.69) is 10.6 Å². The van der Waals surface area contributed by atoms with Gasteiger partial charge >= 0.3 is 0 Å². The number of nitrogens with one attached hydrogen (secondary N) is 2. The van der Waals surface area contributed by atoms with Crippen molar-refractivity contribution in [1.82, 2.24) is 10.6 Å². The Morgan fingerprint density at radius 1 is 1.12 bits per heavy atom. The highest BCUT2D eigenvalue weighted by Crippen LogP contribution is 2.15. The van der Waals surface area contributed by atoms with Gasteiger partial charge in [-0.1, -0.05) is 42.5 Å². The fraction of sp³-hybridized carbons (Fsp3) is 0.320. The van der Waals surface area contributed by atoms with Crippen LogP contribution in [0.5, 0.6) is 5.75 Å². The maximum Gasteiger partial charge on any atom is 0.261 e. The first-order chi connectivity index (χ1) is 15.6. The molecule has 0 aliphatic carbocycles. The maximum atomic E-state index is 12.3. The number of rotatable bonds is 10. The Kier molecular flexibility index (Phi) is 8.84. The van der Waals surface area contributed by atoms with Crippen molar-refractivity contribution in [3.05, 3.63) is 71.3 Å². The Labute approximate surface area is 188 Å². The molecule has 0 radical (unpaired) electrons. The molecular weight excluding hydrogens is 406 g/mol. The van der Waals surface area contributed by atoms with Crippen molar-refractivity contribution in [2.75, 3.05) is 26.3 Å². The lowest BCUT2D eigenvalue weighted by atomic mass is 10.1. The summed E-state index contributed by atoms with van der Waals surface area (Å²) in [4.78, 5) is 24.2. The summed E-state index contributed by atoms with van der Waals surface area (Å²) in [7, 11) is 0. The maximum absolute atomic E-state index is 12.3. The normalized spacial score (nSPS) is 15.6. The van der Waals surface area contributed by atoms with Crippen LogP contribution < -0.4 is 15.4 Å². The average Bonchev–Trinajstić information content (AvgIpc) is 3.35. The number of hydrogen-bond acceptors (Lipinski definition) is 5. The summed E-state index contributed by atoms with van der Waals surface area (Å²) in [5.74, 6) is -0.0877. The van der Waals surface area contributed by atoms with Gasteiger partial charge in [0.2, 0.25) is 0 Å². The number of nitrogens with zero attached hydrogens (tertiary/aromatic N) is 1. The lowest BCUT2D eigenvalue weighted by Crippen LogP contribution is -2.35. The largest absolute Gasteiger partial charge is 0.484 e. The molecular formula is C25H27N3O4. The van der Waals surface area contributed by atoms with Crippen molar-refractivity contribution >= 4 is 17.9 Å². The molecule has 1 atom stereocenters. The van der Waals surface area contributed by atoms with Gasteiger partial charge in [0.05, 0.1) is 6.10 Å². The van der Waals surface area contributed by atoms with Crippen LogP contribution in [0.1, 0.15) is 24.0 Å². The van der Waals surface area contributed by atoms with E-state index in [1.165, 1.54) is 6.08 Å². The van der Waals surface area contributed by atoms with Crippen LogP contribution >= 0.6 is 0 Å².